The van der Waals surface area contributed by atoms with E-state index in [-0.39, 0.29) is 11.9 Å². The molecule has 4 heteroatoms. The second-order valence-electron chi connectivity index (χ2n) is 5.23. The SMILES string of the molecule is CCCC1CCC(c2ccc(F)cc2)N(C(=O)O)C1. The van der Waals surface area contributed by atoms with Crippen molar-refractivity contribution >= 4 is 6.09 Å². The Morgan fingerprint density at radius 2 is 2.05 bits per heavy atom. The van der Waals surface area contributed by atoms with E-state index in [9.17, 15) is 14.3 Å². The highest BCUT2D eigenvalue weighted by molar-refractivity contribution is 5.66. The summed E-state index contributed by atoms with van der Waals surface area (Å²) in [7, 11) is 0. The van der Waals surface area contributed by atoms with Crippen LogP contribution in [0.2, 0.25) is 0 Å². The van der Waals surface area contributed by atoms with E-state index >= 15 is 0 Å². The van der Waals surface area contributed by atoms with Gasteiger partial charge in [0.05, 0.1) is 6.04 Å². The van der Waals surface area contributed by atoms with Crippen LogP contribution in [-0.4, -0.2) is 22.6 Å². The zero-order valence-electron chi connectivity index (χ0n) is 11.2. The maximum atomic E-state index is 12.9. The Labute approximate surface area is 113 Å². The molecule has 1 fully saturated rings. The van der Waals surface area contributed by atoms with Gasteiger partial charge in [0.2, 0.25) is 0 Å². The molecule has 2 atom stereocenters. The molecule has 0 aromatic heterocycles. The summed E-state index contributed by atoms with van der Waals surface area (Å²) < 4.78 is 12.9. The fourth-order valence-corrected chi connectivity index (χ4v) is 2.93. The van der Waals surface area contributed by atoms with Gasteiger partial charge in [-0.3, -0.25) is 0 Å². The molecule has 2 unspecified atom stereocenters. The van der Waals surface area contributed by atoms with Crippen molar-refractivity contribution in [1.82, 2.24) is 4.90 Å². The third-order valence-electron chi connectivity index (χ3n) is 3.88. The lowest BCUT2D eigenvalue weighted by Gasteiger charge is -2.38. The Bertz CT molecular complexity index is 432. The fourth-order valence-electron chi connectivity index (χ4n) is 2.93. The van der Waals surface area contributed by atoms with Gasteiger partial charge >= 0.3 is 6.09 Å². The van der Waals surface area contributed by atoms with Gasteiger partial charge in [-0.1, -0.05) is 25.5 Å². The van der Waals surface area contributed by atoms with Crippen LogP contribution in [0.25, 0.3) is 0 Å². The van der Waals surface area contributed by atoms with Crippen LogP contribution >= 0.6 is 0 Å². The lowest BCUT2D eigenvalue weighted by atomic mass is 9.87. The number of nitrogens with zero attached hydrogens (tertiary/aromatic N) is 1. The number of amides is 1. The Morgan fingerprint density at radius 3 is 2.63 bits per heavy atom. The zero-order valence-corrected chi connectivity index (χ0v) is 11.2. The highest BCUT2D eigenvalue weighted by atomic mass is 19.1. The number of carbonyl (C=O) groups is 1. The lowest BCUT2D eigenvalue weighted by Crippen LogP contribution is -2.41. The minimum Gasteiger partial charge on any atom is -0.465 e. The summed E-state index contributed by atoms with van der Waals surface area (Å²) in [5.74, 6) is 0.170. The molecule has 0 radical (unpaired) electrons. The Hall–Kier alpha value is -1.58. The molecule has 0 saturated carbocycles. The number of hydrogen-bond donors (Lipinski definition) is 1. The summed E-state index contributed by atoms with van der Waals surface area (Å²) in [5, 5.41) is 9.36. The summed E-state index contributed by atoms with van der Waals surface area (Å²) >= 11 is 0. The number of rotatable bonds is 3. The molecular formula is C15H20FNO2. The predicted octanol–water partition coefficient (Wildman–Crippen LogP) is 4.06. The molecule has 0 aliphatic carbocycles. The van der Waals surface area contributed by atoms with Gasteiger partial charge in [0.1, 0.15) is 5.82 Å². The van der Waals surface area contributed by atoms with Gasteiger partial charge < -0.3 is 10.0 Å². The molecule has 1 aliphatic heterocycles. The first-order valence-corrected chi connectivity index (χ1v) is 6.86. The van der Waals surface area contributed by atoms with Gasteiger partial charge in [-0.25, -0.2) is 9.18 Å². The third kappa shape index (κ3) is 3.25. The summed E-state index contributed by atoms with van der Waals surface area (Å²) in [4.78, 5) is 12.9. The van der Waals surface area contributed by atoms with Crippen LogP contribution in [0.4, 0.5) is 9.18 Å². The average Bonchev–Trinajstić information content (AvgIpc) is 2.40. The average molecular weight is 265 g/mol. The van der Waals surface area contributed by atoms with Crippen molar-refractivity contribution in [2.45, 2.75) is 38.6 Å². The molecule has 3 nitrogen and oxygen atoms in total. The van der Waals surface area contributed by atoms with E-state index in [0.717, 1.165) is 31.2 Å². The van der Waals surface area contributed by atoms with Gasteiger partial charge in [0.15, 0.2) is 0 Å². The minimum atomic E-state index is -0.880. The largest absolute Gasteiger partial charge is 0.465 e. The van der Waals surface area contributed by atoms with E-state index in [1.807, 2.05) is 0 Å². The van der Waals surface area contributed by atoms with Crippen LogP contribution in [0, 0.1) is 11.7 Å². The topological polar surface area (TPSA) is 40.5 Å². The Balaban J connectivity index is 2.15. The van der Waals surface area contributed by atoms with E-state index in [2.05, 4.69) is 6.92 Å². The van der Waals surface area contributed by atoms with Gasteiger partial charge in [0, 0.05) is 6.54 Å². The second-order valence-corrected chi connectivity index (χ2v) is 5.23. The first-order valence-electron chi connectivity index (χ1n) is 6.86. The summed E-state index contributed by atoms with van der Waals surface area (Å²) in [6.45, 7) is 2.71. The number of likely N-dealkylation sites (tertiary alicyclic amines) is 1. The van der Waals surface area contributed by atoms with Crippen molar-refractivity contribution in [3.05, 3.63) is 35.6 Å². The van der Waals surface area contributed by atoms with Crippen molar-refractivity contribution in [2.75, 3.05) is 6.54 Å². The molecule has 1 aromatic rings. The van der Waals surface area contributed by atoms with Crippen molar-refractivity contribution in [3.8, 4) is 0 Å². The molecular weight excluding hydrogens is 245 g/mol. The Morgan fingerprint density at radius 1 is 1.37 bits per heavy atom. The maximum Gasteiger partial charge on any atom is 0.407 e. The maximum absolute atomic E-state index is 12.9. The van der Waals surface area contributed by atoms with Crippen molar-refractivity contribution in [1.29, 1.82) is 0 Å². The fraction of sp³-hybridized carbons (Fsp3) is 0.533. The monoisotopic (exact) mass is 265 g/mol. The van der Waals surface area contributed by atoms with E-state index < -0.39 is 6.09 Å². The molecule has 2 rings (SSSR count). The quantitative estimate of drug-likeness (QED) is 0.895. The molecule has 1 aromatic carbocycles. The minimum absolute atomic E-state index is 0.133. The van der Waals surface area contributed by atoms with E-state index in [1.54, 1.807) is 12.1 Å². The number of hydrogen-bond acceptors (Lipinski definition) is 1. The summed E-state index contributed by atoms with van der Waals surface area (Å²) in [5.41, 5.74) is 0.888. The van der Waals surface area contributed by atoms with Crippen molar-refractivity contribution in [2.24, 2.45) is 5.92 Å². The van der Waals surface area contributed by atoms with Crippen molar-refractivity contribution in [3.63, 3.8) is 0 Å². The second kappa shape index (κ2) is 6.04. The first kappa shape index (κ1) is 13.8. The smallest absolute Gasteiger partial charge is 0.407 e. The lowest BCUT2D eigenvalue weighted by molar-refractivity contribution is 0.0841. The molecule has 0 spiro atoms. The van der Waals surface area contributed by atoms with E-state index in [0.29, 0.717) is 12.5 Å². The normalized spacial score (nSPS) is 23.4. The van der Waals surface area contributed by atoms with E-state index in [1.165, 1.54) is 17.0 Å². The summed E-state index contributed by atoms with van der Waals surface area (Å²) in [6.07, 6.45) is 3.14. The number of benzene rings is 1. The molecule has 1 N–H and O–H groups in total. The molecule has 1 amide bonds. The zero-order chi connectivity index (χ0) is 13.8. The van der Waals surface area contributed by atoms with Gasteiger partial charge in [-0.15, -0.1) is 0 Å². The molecule has 1 saturated heterocycles. The number of halogens is 1. The number of piperidine rings is 1. The summed E-state index contributed by atoms with van der Waals surface area (Å²) in [6, 6.07) is 6.04. The van der Waals surface area contributed by atoms with Crippen LogP contribution in [0.5, 0.6) is 0 Å². The van der Waals surface area contributed by atoms with Crippen LogP contribution in [-0.2, 0) is 0 Å². The molecule has 1 aliphatic rings. The van der Waals surface area contributed by atoms with Crippen LogP contribution in [0.3, 0.4) is 0 Å². The predicted molar refractivity (Wildman–Crippen MR) is 71.5 cm³/mol. The first-order chi connectivity index (χ1) is 9.11. The number of carboxylic acid groups (broad SMARTS) is 1. The molecule has 19 heavy (non-hydrogen) atoms. The van der Waals surface area contributed by atoms with E-state index in [4.69, 9.17) is 0 Å². The van der Waals surface area contributed by atoms with Crippen LogP contribution in [0.15, 0.2) is 24.3 Å². The Kier molecular flexibility index (Phi) is 4.40. The third-order valence-corrected chi connectivity index (χ3v) is 3.88. The highest BCUT2D eigenvalue weighted by Gasteiger charge is 2.32. The van der Waals surface area contributed by atoms with Crippen LogP contribution in [0.1, 0.15) is 44.2 Å². The molecule has 0 bridgehead atoms. The van der Waals surface area contributed by atoms with Crippen LogP contribution < -0.4 is 0 Å². The standard InChI is InChI=1S/C15H20FNO2/c1-2-3-11-4-9-14(17(10-11)15(18)19)12-5-7-13(16)8-6-12/h5-8,11,14H,2-4,9-10H2,1H3,(H,18,19). The van der Waals surface area contributed by atoms with Gasteiger partial charge in [-0.05, 0) is 42.9 Å². The molecule has 104 valence electrons. The highest BCUT2D eigenvalue weighted by Crippen LogP contribution is 2.34. The van der Waals surface area contributed by atoms with Crippen molar-refractivity contribution < 1.29 is 14.3 Å². The molecule has 1 heterocycles. The van der Waals surface area contributed by atoms with Gasteiger partial charge in [-0.2, -0.15) is 0 Å². The van der Waals surface area contributed by atoms with Gasteiger partial charge in [0.25, 0.3) is 0 Å².